The van der Waals surface area contributed by atoms with Gasteiger partial charge in [-0.2, -0.15) is 0 Å². The van der Waals surface area contributed by atoms with Crippen molar-refractivity contribution in [2.75, 3.05) is 86.4 Å². The number of nitrogens with zero attached hydrogens (tertiary/aromatic N) is 3. The summed E-state index contributed by atoms with van der Waals surface area (Å²) in [5.74, 6) is 1.28. The van der Waals surface area contributed by atoms with E-state index in [1.165, 1.54) is 19.4 Å². The first-order valence-corrected chi connectivity index (χ1v) is 16.4. The molecule has 44 heavy (non-hydrogen) atoms. The molecule has 11 nitrogen and oxygen atoms in total. The Bertz CT molecular complexity index is 749. The van der Waals surface area contributed by atoms with E-state index in [-0.39, 0.29) is 75.3 Å². The summed E-state index contributed by atoms with van der Waals surface area (Å²) in [6.45, 7) is 25.6. The Morgan fingerprint density at radius 3 is 1.84 bits per heavy atom. The molecule has 4 atom stereocenters. The van der Waals surface area contributed by atoms with E-state index in [0.717, 1.165) is 77.7 Å². The molecule has 12 heteroatoms. The molecule has 0 aromatic rings. The van der Waals surface area contributed by atoms with Crippen LogP contribution < -0.4 is 67.3 Å². The first kappa shape index (κ1) is 44.1. The third-order valence-electron chi connectivity index (χ3n) is 8.38. The van der Waals surface area contributed by atoms with Gasteiger partial charge in [0.15, 0.2) is 5.91 Å². The number of rotatable bonds is 8. The van der Waals surface area contributed by atoms with Crippen LogP contribution in [0.5, 0.6) is 0 Å². The molecule has 0 spiro atoms. The van der Waals surface area contributed by atoms with Gasteiger partial charge in [-0.15, -0.1) is 0 Å². The van der Waals surface area contributed by atoms with Crippen LogP contribution in [-0.2, 0) is 19.0 Å². The molecule has 0 aromatic heterocycles. The Balaban J connectivity index is 0.000000591. The second-order valence-corrected chi connectivity index (χ2v) is 13.0. The predicted octanol–water partition coefficient (Wildman–Crippen LogP) is -0.331. The number of likely N-dealkylation sites (N-methyl/N-ethyl adjacent to an activating group) is 1. The van der Waals surface area contributed by atoms with Crippen molar-refractivity contribution in [2.45, 2.75) is 85.5 Å². The van der Waals surface area contributed by atoms with Crippen molar-refractivity contribution in [1.29, 1.82) is 0 Å². The number of carbonyl (C=O) groups is 2. The number of fused-ring (bicyclic) bond motifs is 2. The SMILES string of the molecule is CC(C)CCN1CCOCC1.CN1CC2CC1CO2.CNC(=O)NC(C(C)C)C(C)N1CCOCC1.[CH2-]NC(=O)C(C)C.[K+]. The maximum absolute atomic E-state index is 11.4. The first-order chi connectivity index (χ1) is 20.4. The number of carbonyl (C=O) groups excluding carboxylic acids is 2. The molecule has 4 unspecified atom stereocenters. The van der Waals surface area contributed by atoms with E-state index in [2.05, 4.69) is 79.4 Å². The Kier molecular flexibility index (Phi) is 25.3. The third kappa shape index (κ3) is 18.5. The summed E-state index contributed by atoms with van der Waals surface area (Å²) in [6, 6.07) is 1.13. The average Bonchev–Trinajstić information content (AvgIpc) is 3.62. The van der Waals surface area contributed by atoms with Crippen LogP contribution in [0.1, 0.15) is 61.3 Å². The summed E-state index contributed by atoms with van der Waals surface area (Å²) < 4.78 is 16.0. The Hall–Kier alpha value is 0.136. The summed E-state index contributed by atoms with van der Waals surface area (Å²) in [7, 11) is 7.03. The quantitative estimate of drug-likeness (QED) is 0.242. The van der Waals surface area contributed by atoms with Gasteiger partial charge in [0, 0.05) is 63.8 Å². The van der Waals surface area contributed by atoms with Gasteiger partial charge in [0.25, 0.3) is 0 Å². The second kappa shape index (κ2) is 25.2. The van der Waals surface area contributed by atoms with Crippen LogP contribution in [-0.4, -0.2) is 137 Å². The summed E-state index contributed by atoms with van der Waals surface area (Å²) in [5, 5.41) is 7.92. The summed E-state index contributed by atoms with van der Waals surface area (Å²) >= 11 is 0. The fourth-order valence-electron chi connectivity index (χ4n) is 5.34. The standard InChI is InChI=1S/C12H25N3O2.C9H19NO.C6H11NO.C5H10NO.K/c1-9(2)11(14-12(16)13-4)10(3)15-5-7-17-8-6-15;1-9(2)3-4-10-5-7-11-8-6-10;1-7-3-6-2-5(7)4-8-6;1-4(2)5(7)6-3;/h9-11H,5-8H2,1-4H3,(H2,13,14,16);9H,3-8H2,1-2H3;5-6H,2-4H2,1H3;4H,3H2,1-2H3,(H,6,7);/q;;;-1;+1. The molecule has 0 aromatic carbocycles. The smallest absolute Gasteiger partial charge is 0.508 e. The van der Waals surface area contributed by atoms with Crippen molar-refractivity contribution in [3.05, 3.63) is 7.05 Å². The van der Waals surface area contributed by atoms with Crippen LogP contribution in [0.4, 0.5) is 4.79 Å². The molecule has 3 amide bonds. The molecule has 0 radical (unpaired) electrons. The van der Waals surface area contributed by atoms with E-state index in [9.17, 15) is 9.59 Å². The van der Waals surface area contributed by atoms with Gasteiger partial charge in [-0.05, 0) is 45.2 Å². The van der Waals surface area contributed by atoms with E-state index < -0.39 is 0 Å². The average molecular weight is 653 g/mol. The maximum Gasteiger partial charge on any atom is 1.00 e. The van der Waals surface area contributed by atoms with E-state index >= 15 is 0 Å². The summed E-state index contributed by atoms with van der Waals surface area (Å²) in [4.78, 5) is 29.0. The number of urea groups is 1. The van der Waals surface area contributed by atoms with Gasteiger partial charge in [0.05, 0.1) is 39.1 Å². The molecule has 0 saturated carbocycles. The second-order valence-electron chi connectivity index (χ2n) is 13.0. The molecule has 4 saturated heterocycles. The maximum atomic E-state index is 11.4. The molecule has 254 valence electrons. The zero-order chi connectivity index (χ0) is 32.4. The predicted molar refractivity (Wildman–Crippen MR) is 174 cm³/mol. The molecular weight excluding hydrogens is 587 g/mol. The van der Waals surface area contributed by atoms with Crippen molar-refractivity contribution in [3.8, 4) is 0 Å². The molecule has 4 fully saturated rings. The Morgan fingerprint density at radius 1 is 0.932 bits per heavy atom. The van der Waals surface area contributed by atoms with Crippen LogP contribution >= 0.6 is 0 Å². The molecule has 0 aliphatic carbocycles. The topological polar surface area (TPSA) is 108 Å². The van der Waals surface area contributed by atoms with Crippen LogP contribution in [0.2, 0.25) is 0 Å². The van der Waals surface area contributed by atoms with Gasteiger partial charge < -0.3 is 30.2 Å². The molecule has 4 heterocycles. The Labute approximate surface area is 312 Å². The largest absolute Gasteiger partial charge is 1.00 e. The van der Waals surface area contributed by atoms with Crippen molar-refractivity contribution in [1.82, 2.24) is 30.7 Å². The van der Waals surface area contributed by atoms with E-state index in [4.69, 9.17) is 14.2 Å². The molecule has 4 aliphatic heterocycles. The van der Waals surface area contributed by atoms with Crippen molar-refractivity contribution in [2.24, 2.45) is 17.8 Å². The van der Waals surface area contributed by atoms with E-state index in [1.54, 1.807) is 7.05 Å². The summed E-state index contributed by atoms with van der Waals surface area (Å²) in [5.41, 5.74) is 0. The fourth-order valence-corrected chi connectivity index (χ4v) is 5.34. The Morgan fingerprint density at radius 2 is 1.50 bits per heavy atom. The number of likely N-dealkylation sites (tertiary alicyclic amines) is 1. The minimum Gasteiger partial charge on any atom is -0.508 e. The van der Waals surface area contributed by atoms with E-state index in [1.807, 2.05) is 13.8 Å². The van der Waals surface area contributed by atoms with Crippen molar-refractivity contribution >= 4 is 11.9 Å². The minimum atomic E-state index is -0.108. The third-order valence-corrected chi connectivity index (χ3v) is 8.38. The van der Waals surface area contributed by atoms with Crippen LogP contribution in [0, 0.1) is 24.8 Å². The van der Waals surface area contributed by atoms with Gasteiger partial charge in [-0.25, -0.2) is 4.79 Å². The van der Waals surface area contributed by atoms with Gasteiger partial charge in [-0.1, -0.05) is 41.5 Å². The zero-order valence-corrected chi connectivity index (χ0v) is 32.9. The molecule has 4 aliphatic rings. The molecule has 4 rings (SSSR count). The fraction of sp³-hybridized carbons (Fsp3) is 0.906. The van der Waals surface area contributed by atoms with Gasteiger partial charge >= 0.3 is 57.4 Å². The molecule has 3 N–H and O–H groups in total. The monoisotopic (exact) mass is 652 g/mol. The molecular formula is C32H65KN6O5. The number of ether oxygens (including phenoxy) is 3. The number of morpholine rings is 3. The van der Waals surface area contributed by atoms with Crippen LogP contribution in [0.3, 0.4) is 0 Å². The minimum absolute atomic E-state index is 0. The van der Waals surface area contributed by atoms with E-state index in [0.29, 0.717) is 18.1 Å². The van der Waals surface area contributed by atoms with Crippen LogP contribution in [0.15, 0.2) is 0 Å². The van der Waals surface area contributed by atoms with Gasteiger partial charge in [0.1, 0.15) is 0 Å². The van der Waals surface area contributed by atoms with Crippen molar-refractivity contribution < 1.29 is 75.2 Å². The van der Waals surface area contributed by atoms with Gasteiger partial charge in [0.2, 0.25) is 0 Å². The zero-order valence-electron chi connectivity index (χ0n) is 29.8. The number of hydrogen-bond acceptors (Lipinski definition) is 8. The number of hydrogen-bond donors (Lipinski definition) is 3. The number of nitrogens with one attached hydrogen (secondary N) is 3. The normalized spacial score (nSPS) is 23.2. The first-order valence-electron chi connectivity index (χ1n) is 16.4. The van der Waals surface area contributed by atoms with Crippen LogP contribution in [0.25, 0.3) is 0 Å². The van der Waals surface area contributed by atoms with Gasteiger partial charge in [-0.3, -0.25) is 26.5 Å². The number of amides is 3. The summed E-state index contributed by atoms with van der Waals surface area (Å²) in [6.07, 6.45) is 3.17. The molecule has 2 bridgehead atoms. The van der Waals surface area contributed by atoms with Crippen molar-refractivity contribution in [3.63, 3.8) is 0 Å².